The highest BCUT2D eigenvalue weighted by molar-refractivity contribution is 7.80. The summed E-state index contributed by atoms with van der Waals surface area (Å²) in [7, 11) is 0. The maximum Gasteiger partial charge on any atom is 0.431 e. The van der Waals surface area contributed by atoms with Gasteiger partial charge in [-0.1, -0.05) is 72.9 Å². The van der Waals surface area contributed by atoms with Crippen LogP contribution in [0.1, 0.15) is 17.5 Å². The molecule has 0 aromatic heterocycles. The van der Waals surface area contributed by atoms with Crippen molar-refractivity contribution in [3.8, 4) is 0 Å². The largest absolute Gasteiger partial charge is 0.431 e. The van der Waals surface area contributed by atoms with Gasteiger partial charge in [0.05, 0.1) is 6.42 Å². The molecule has 1 aliphatic rings. The average Bonchev–Trinajstić information content (AvgIpc) is 2.95. The van der Waals surface area contributed by atoms with Gasteiger partial charge in [-0.05, 0) is 0 Å². The van der Waals surface area contributed by atoms with Crippen LogP contribution in [0.5, 0.6) is 0 Å². The van der Waals surface area contributed by atoms with E-state index in [1.807, 2.05) is 0 Å². The summed E-state index contributed by atoms with van der Waals surface area (Å²) in [5.74, 6) is 0. The minimum Gasteiger partial charge on any atom is -0.365 e. The second-order valence-corrected chi connectivity index (χ2v) is 5.77. The zero-order chi connectivity index (χ0) is 17.4. The van der Waals surface area contributed by atoms with Crippen LogP contribution in [0.2, 0.25) is 0 Å². The van der Waals surface area contributed by atoms with E-state index in [0.29, 0.717) is 11.1 Å². The van der Waals surface area contributed by atoms with Gasteiger partial charge in [-0.2, -0.15) is 18.3 Å². The number of rotatable bonds is 2. The van der Waals surface area contributed by atoms with E-state index in [4.69, 9.17) is 12.2 Å². The monoisotopic (exact) mass is 350 g/mol. The van der Waals surface area contributed by atoms with E-state index >= 15 is 0 Å². The Morgan fingerprint density at radius 2 is 1.58 bits per heavy atom. The Balaban J connectivity index is 2.07. The fourth-order valence-corrected chi connectivity index (χ4v) is 2.88. The van der Waals surface area contributed by atoms with Crippen molar-refractivity contribution in [1.82, 2.24) is 5.01 Å². The summed E-state index contributed by atoms with van der Waals surface area (Å²) in [5, 5.41) is 15.5. The van der Waals surface area contributed by atoms with Gasteiger partial charge in [0.1, 0.15) is 10.7 Å². The molecule has 124 valence electrons. The number of halogens is 3. The van der Waals surface area contributed by atoms with Crippen molar-refractivity contribution < 1.29 is 18.3 Å². The third kappa shape index (κ3) is 2.92. The highest BCUT2D eigenvalue weighted by Gasteiger charge is 2.52. The second kappa shape index (κ2) is 5.99. The Morgan fingerprint density at radius 1 is 1.04 bits per heavy atom. The summed E-state index contributed by atoms with van der Waals surface area (Å²) in [6.45, 7) is 0. The van der Waals surface area contributed by atoms with Crippen LogP contribution in [0.15, 0.2) is 65.8 Å². The zero-order valence-electron chi connectivity index (χ0n) is 12.4. The molecular weight excluding hydrogens is 337 g/mol. The molecule has 3 nitrogen and oxygen atoms in total. The first-order chi connectivity index (χ1) is 11.3. The van der Waals surface area contributed by atoms with Crippen LogP contribution in [0.3, 0.4) is 0 Å². The van der Waals surface area contributed by atoms with Crippen molar-refractivity contribution >= 4 is 22.9 Å². The number of hydrogen-bond donors (Lipinski definition) is 1. The number of hydrogen-bond acceptors (Lipinski definition) is 3. The average molecular weight is 350 g/mol. The van der Waals surface area contributed by atoms with Gasteiger partial charge in [0, 0.05) is 11.1 Å². The Labute approximate surface area is 142 Å². The molecule has 0 radical (unpaired) electrons. The molecule has 0 saturated carbocycles. The summed E-state index contributed by atoms with van der Waals surface area (Å²) >= 11 is 5.30. The Kier molecular flexibility index (Phi) is 4.15. The molecule has 1 N–H and O–H groups in total. The molecular formula is C17H13F3N2OS. The molecule has 7 heteroatoms. The van der Waals surface area contributed by atoms with Crippen LogP contribution in [0, 0.1) is 0 Å². The minimum atomic E-state index is -4.64. The van der Waals surface area contributed by atoms with Gasteiger partial charge in [-0.3, -0.25) is 0 Å². The molecule has 0 aliphatic carbocycles. The van der Waals surface area contributed by atoms with Crippen molar-refractivity contribution in [2.75, 3.05) is 0 Å². The highest BCUT2D eigenvalue weighted by atomic mass is 32.1. The van der Waals surface area contributed by atoms with E-state index in [1.54, 1.807) is 60.7 Å². The number of alkyl halides is 3. The van der Waals surface area contributed by atoms with Gasteiger partial charge in [-0.25, -0.2) is 5.01 Å². The summed E-state index contributed by atoms with van der Waals surface area (Å²) < 4.78 is 39.4. The number of nitrogens with zero attached hydrogens (tertiary/aromatic N) is 2. The van der Waals surface area contributed by atoms with E-state index in [1.165, 1.54) is 0 Å². The van der Waals surface area contributed by atoms with Crippen LogP contribution in [0.4, 0.5) is 13.2 Å². The lowest BCUT2D eigenvalue weighted by atomic mass is 9.97. The fraction of sp³-hybridized carbons (Fsp3) is 0.176. The van der Waals surface area contributed by atoms with E-state index in [0.717, 1.165) is 5.01 Å². The maximum absolute atomic E-state index is 13.1. The SMILES string of the molecule is OC1(c2ccccc2)CC(C(F)(F)F)=NN1C(=S)c1ccccc1. The normalized spacial score (nSPS) is 20.8. The minimum absolute atomic E-state index is 0.0289. The van der Waals surface area contributed by atoms with E-state index in [-0.39, 0.29) is 4.99 Å². The number of thiocarbonyl (C=S) groups is 1. The summed E-state index contributed by atoms with van der Waals surface area (Å²) in [4.78, 5) is 0.0289. The smallest absolute Gasteiger partial charge is 0.365 e. The van der Waals surface area contributed by atoms with Gasteiger partial charge in [0.2, 0.25) is 0 Å². The van der Waals surface area contributed by atoms with Gasteiger partial charge in [-0.15, -0.1) is 0 Å². The summed E-state index contributed by atoms with van der Waals surface area (Å²) in [6, 6.07) is 16.6. The van der Waals surface area contributed by atoms with Crippen molar-refractivity contribution in [3.63, 3.8) is 0 Å². The van der Waals surface area contributed by atoms with E-state index in [2.05, 4.69) is 5.10 Å². The van der Waals surface area contributed by atoms with Crippen LogP contribution in [0.25, 0.3) is 0 Å². The molecule has 0 amide bonds. The molecule has 2 aromatic carbocycles. The summed E-state index contributed by atoms with van der Waals surface area (Å²) in [6.07, 6.45) is -5.32. The molecule has 24 heavy (non-hydrogen) atoms. The lowest BCUT2D eigenvalue weighted by Crippen LogP contribution is -2.43. The molecule has 3 rings (SSSR count). The van der Waals surface area contributed by atoms with Crippen LogP contribution in [-0.2, 0) is 5.72 Å². The van der Waals surface area contributed by atoms with Crippen LogP contribution < -0.4 is 0 Å². The predicted molar refractivity (Wildman–Crippen MR) is 88.4 cm³/mol. The predicted octanol–water partition coefficient (Wildman–Crippen LogP) is 3.83. The van der Waals surface area contributed by atoms with Crippen LogP contribution >= 0.6 is 12.2 Å². The van der Waals surface area contributed by atoms with Crippen LogP contribution in [-0.4, -0.2) is 27.0 Å². The number of benzene rings is 2. The number of aliphatic hydroxyl groups is 1. The quantitative estimate of drug-likeness (QED) is 0.836. The fourth-order valence-electron chi connectivity index (χ4n) is 2.55. The van der Waals surface area contributed by atoms with Crippen molar-refractivity contribution in [2.45, 2.75) is 18.3 Å². The van der Waals surface area contributed by atoms with Gasteiger partial charge < -0.3 is 5.11 Å². The summed E-state index contributed by atoms with van der Waals surface area (Å²) in [5.41, 5.74) is -2.23. The van der Waals surface area contributed by atoms with Gasteiger partial charge in [0.25, 0.3) is 0 Å². The molecule has 1 atom stereocenters. The van der Waals surface area contributed by atoms with Crippen molar-refractivity contribution in [3.05, 3.63) is 71.8 Å². The first-order valence-corrected chi connectivity index (χ1v) is 7.55. The zero-order valence-corrected chi connectivity index (χ0v) is 13.2. The number of hydrazone groups is 1. The molecule has 2 aromatic rings. The van der Waals surface area contributed by atoms with E-state index in [9.17, 15) is 18.3 Å². The Hall–Kier alpha value is -2.25. The molecule has 1 unspecified atom stereocenters. The Morgan fingerprint density at radius 3 is 2.12 bits per heavy atom. The Bertz CT molecular complexity index is 777. The first kappa shape index (κ1) is 16.6. The topological polar surface area (TPSA) is 35.8 Å². The molecule has 0 bridgehead atoms. The maximum atomic E-state index is 13.1. The molecule has 0 fully saturated rings. The third-order valence-corrected chi connectivity index (χ3v) is 4.17. The first-order valence-electron chi connectivity index (χ1n) is 7.14. The van der Waals surface area contributed by atoms with Gasteiger partial charge >= 0.3 is 6.18 Å². The molecule has 1 heterocycles. The van der Waals surface area contributed by atoms with E-state index < -0.39 is 24.0 Å². The lowest BCUT2D eigenvalue weighted by Gasteiger charge is -2.33. The van der Waals surface area contributed by atoms with Crippen molar-refractivity contribution in [1.29, 1.82) is 0 Å². The lowest BCUT2D eigenvalue weighted by molar-refractivity contribution is -0.0700. The standard InChI is InChI=1S/C17H13F3N2OS/c18-17(19,20)14-11-16(23,13-9-5-2-6-10-13)22(21-14)15(24)12-7-3-1-4-8-12/h1-10,23H,11H2. The second-order valence-electron chi connectivity index (χ2n) is 5.39. The molecule has 1 aliphatic heterocycles. The molecule has 0 saturated heterocycles. The third-order valence-electron chi connectivity index (χ3n) is 3.76. The highest BCUT2D eigenvalue weighted by Crippen LogP contribution is 2.40. The van der Waals surface area contributed by atoms with Gasteiger partial charge in [0.15, 0.2) is 5.72 Å². The van der Waals surface area contributed by atoms with Crippen molar-refractivity contribution in [2.24, 2.45) is 5.10 Å². The molecule has 0 spiro atoms.